The Kier molecular flexibility index (Phi) is 8.76. The summed E-state index contributed by atoms with van der Waals surface area (Å²) in [6, 6.07) is 9.31. The molecule has 1 atom stereocenters. The van der Waals surface area contributed by atoms with E-state index in [-0.39, 0.29) is 12.4 Å². The van der Waals surface area contributed by atoms with Crippen LogP contribution < -0.4 is 22.1 Å². The summed E-state index contributed by atoms with van der Waals surface area (Å²) in [5, 5.41) is 24.2. The largest absolute Gasteiger partial charge is 0.475 e. The molecule has 0 bridgehead atoms. The molecule has 0 saturated carbocycles. The summed E-state index contributed by atoms with van der Waals surface area (Å²) >= 11 is 0. The SMILES string of the molecule is CC(C)(C(=O)NCc1ccccc1)C(=O)N[C@@H](CCCN=C(N)N)B(O)O. The zero-order valence-corrected chi connectivity index (χ0v) is 15.7. The Morgan fingerprint density at radius 1 is 1.19 bits per heavy atom. The van der Waals surface area contributed by atoms with E-state index in [1.165, 1.54) is 13.8 Å². The van der Waals surface area contributed by atoms with E-state index in [0.717, 1.165) is 5.56 Å². The van der Waals surface area contributed by atoms with Crippen LogP contribution in [0.2, 0.25) is 0 Å². The monoisotopic (exact) mass is 377 g/mol. The Balaban J connectivity index is 2.61. The van der Waals surface area contributed by atoms with Gasteiger partial charge in [0.2, 0.25) is 11.8 Å². The van der Waals surface area contributed by atoms with Gasteiger partial charge >= 0.3 is 7.12 Å². The van der Waals surface area contributed by atoms with Crippen LogP contribution in [0.25, 0.3) is 0 Å². The lowest BCUT2D eigenvalue weighted by molar-refractivity contribution is -0.141. The minimum absolute atomic E-state index is 0.0589. The minimum atomic E-state index is -1.77. The Bertz CT molecular complexity index is 648. The highest BCUT2D eigenvalue weighted by atomic mass is 16.4. The normalized spacial score (nSPS) is 12.0. The first-order chi connectivity index (χ1) is 12.6. The number of carbonyl (C=O) groups excluding carboxylic acids is 2. The summed E-state index contributed by atoms with van der Waals surface area (Å²) in [6.07, 6.45) is 0.670. The van der Waals surface area contributed by atoms with Gasteiger partial charge in [0.05, 0.1) is 5.94 Å². The molecule has 1 aromatic rings. The van der Waals surface area contributed by atoms with Crippen LogP contribution in [0.3, 0.4) is 0 Å². The number of aliphatic imine (C=N–C) groups is 1. The molecule has 0 aliphatic heterocycles. The lowest BCUT2D eigenvalue weighted by Gasteiger charge is -2.26. The summed E-state index contributed by atoms with van der Waals surface area (Å²) < 4.78 is 0. The van der Waals surface area contributed by atoms with Gasteiger partial charge in [-0.05, 0) is 32.3 Å². The molecule has 0 aromatic heterocycles. The molecule has 10 heteroatoms. The first-order valence-electron chi connectivity index (χ1n) is 8.69. The van der Waals surface area contributed by atoms with Gasteiger partial charge in [0.1, 0.15) is 5.41 Å². The molecule has 0 aliphatic carbocycles. The van der Waals surface area contributed by atoms with E-state index in [0.29, 0.717) is 19.5 Å². The maximum Gasteiger partial charge on any atom is 0.475 e. The first kappa shape index (κ1) is 22.5. The first-order valence-corrected chi connectivity index (χ1v) is 8.69. The quantitative estimate of drug-likeness (QED) is 0.0994. The molecule has 27 heavy (non-hydrogen) atoms. The predicted molar refractivity (Wildman–Crippen MR) is 104 cm³/mol. The van der Waals surface area contributed by atoms with Gasteiger partial charge in [-0.15, -0.1) is 0 Å². The van der Waals surface area contributed by atoms with Crippen LogP contribution >= 0.6 is 0 Å². The van der Waals surface area contributed by atoms with Crippen molar-refractivity contribution in [2.45, 2.75) is 39.2 Å². The molecule has 1 aromatic carbocycles. The number of carbonyl (C=O) groups is 2. The third-order valence-electron chi connectivity index (χ3n) is 4.08. The molecule has 0 aliphatic rings. The Hall–Kier alpha value is -2.59. The highest BCUT2D eigenvalue weighted by Gasteiger charge is 2.38. The lowest BCUT2D eigenvalue weighted by Crippen LogP contribution is -2.54. The predicted octanol–water partition coefficient (Wildman–Crippen LogP) is -1.12. The van der Waals surface area contributed by atoms with E-state index in [1.54, 1.807) is 0 Å². The Labute approximate surface area is 159 Å². The molecule has 0 fully saturated rings. The van der Waals surface area contributed by atoms with Gasteiger partial charge in [-0.1, -0.05) is 30.3 Å². The van der Waals surface area contributed by atoms with Gasteiger partial charge in [0, 0.05) is 13.1 Å². The van der Waals surface area contributed by atoms with Gasteiger partial charge in [-0.2, -0.15) is 0 Å². The summed E-state index contributed by atoms with van der Waals surface area (Å²) in [6.45, 7) is 3.54. The van der Waals surface area contributed by atoms with Crippen LogP contribution in [-0.2, 0) is 16.1 Å². The molecule has 1 rings (SSSR count). The fraction of sp³-hybridized carbons (Fsp3) is 0.471. The van der Waals surface area contributed by atoms with Crippen LogP contribution in [0.5, 0.6) is 0 Å². The van der Waals surface area contributed by atoms with Crippen LogP contribution in [-0.4, -0.2) is 47.4 Å². The maximum atomic E-state index is 12.5. The molecular weight excluding hydrogens is 349 g/mol. The van der Waals surface area contributed by atoms with Gasteiger partial charge in [0.15, 0.2) is 5.96 Å². The number of amides is 2. The summed E-state index contributed by atoms with van der Waals surface area (Å²) in [7, 11) is -1.77. The fourth-order valence-corrected chi connectivity index (χ4v) is 2.27. The highest BCUT2D eigenvalue weighted by molar-refractivity contribution is 6.43. The number of rotatable bonds is 10. The number of nitrogens with zero attached hydrogens (tertiary/aromatic N) is 1. The van der Waals surface area contributed by atoms with E-state index in [9.17, 15) is 19.6 Å². The van der Waals surface area contributed by atoms with Gasteiger partial charge in [0.25, 0.3) is 0 Å². The van der Waals surface area contributed by atoms with Crippen LogP contribution in [0, 0.1) is 5.41 Å². The third-order valence-corrected chi connectivity index (χ3v) is 4.08. The molecule has 0 spiro atoms. The maximum absolute atomic E-state index is 12.5. The molecule has 9 nitrogen and oxygen atoms in total. The van der Waals surface area contributed by atoms with Crippen molar-refractivity contribution in [3.05, 3.63) is 35.9 Å². The van der Waals surface area contributed by atoms with Crippen LogP contribution in [0.1, 0.15) is 32.3 Å². The summed E-state index contributed by atoms with van der Waals surface area (Å²) in [4.78, 5) is 28.7. The third kappa shape index (κ3) is 7.67. The van der Waals surface area contributed by atoms with E-state index in [2.05, 4.69) is 15.6 Å². The summed E-state index contributed by atoms with van der Waals surface area (Å²) in [5.41, 5.74) is 9.97. The van der Waals surface area contributed by atoms with Gasteiger partial charge in [-0.25, -0.2) is 0 Å². The van der Waals surface area contributed by atoms with Crippen molar-refractivity contribution in [2.75, 3.05) is 6.54 Å². The number of hydrogen-bond donors (Lipinski definition) is 6. The average molecular weight is 377 g/mol. The van der Waals surface area contributed by atoms with E-state index < -0.39 is 30.3 Å². The minimum Gasteiger partial charge on any atom is -0.426 e. The molecule has 0 radical (unpaired) electrons. The number of nitrogens with two attached hydrogens (primary N) is 2. The topological polar surface area (TPSA) is 163 Å². The zero-order valence-electron chi connectivity index (χ0n) is 15.7. The zero-order chi connectivity index (χ0) is 20.4. The van der Waals surface area contributed by atoms with Crippen molar-refractivity contribution in [2.24, 2.45) is 21.9 Å². The number of guanidine groups is 1. The average Bonchev–Trinajstić information content (AvgIpc) is 2.62. The second-order valence-corrected chi connectivity index (χ2v) is 6.74. The van der Waals surface area contributed by atoms with Crippen molar-refractivity contribution < 1.29 is 19.6 Å². The smallest absolute Gasteiger partial charge is 0.426 e. The molecular formula is C17H28BN5O4. The van der Waals surface area contributed by atoms with E-state index >= 15 is 0 Å². The second-order valence-electron chi connectivity index (χ2n) is 6.74. The van der Waals surface area contributed by atoms with Crippen LogP contribution in [0.15, 0.2) is 35.3 Å². The molecule has 8 N–H and O–H groups in total. The molecule has 0 heterocycles. The fourth-order valence-electron chi connectivity index (χ4n) is 2.27. The van der Waals surface area contributed by atoms with Crippen molar-refractivity contribution in [3.63, 3.8) is 0 Å². The van der Waals surface area contributed by atoms with Crippen molar-refractivity contribution in [3.8, 4) is 0 Å². The number of hydrogen-bond acceptors (Lipinski definition) is 5. The van der Waals surface area contributed by atoms with Gasteiger partial charge < -0.3 is 32.1 Å². The number of benzene rings is 1. The van der Waals surface area contributed by atoms with E-state index in [1.807, 2.05) is 30.3 Å². The second kappa shape index (κ2) is 10.5. The molecule has 0 unspecified atom stereocenters. The standard InChI is InChI=1S/C17H28BN5O4/c1-17(2,14(24)22-11-12-7-4-3-5-8-12)15(25)23-13(18(26)27)9-6-10-21-16(19)20/h3-5,7-8,13,26-27H,6,9-11H2,1-2H3,(H,22,24)(H,23,25)(H4,19,20,21)/t13-/m0/s1. The molecule has 2 amide bonds. The molecule has 148 valence electrons. The van der Waals surface area contributed by atoms with Crippen LogP contribution in [0.4, 0.5) is 0 Å². The van der Waals surface area contributed by atoms with Crippen molar-refractivity contribution in [1.82, 2.24) is 10.6 Å². The Morgan fingerprint density at radius 3 is 2.37 bits per heavy atom. The van der Waals surface area contributed by atoms with Crippen molar-refractivity contribution >= 4 is 24.9 Å². The Morgan fingerprint density at radius 2 is 1.81 bits per heavy atom. The lowest BCUT2D eigenvalue weighted by atomic mass is 9.76. The number of nitrogens with one attached hydrogen (secondary N) is 2. The van der Waals surface area contributed by atoms with Crippen molar-refractivity contribution in [1.29, 1.82) is 0 Å². The van der Waals surface area contributed by atoms with E-state index in [4.69, 9.17) is 11.5 Å². The summed E-state index contributed by atoms with van der Waals surface area (Å²) in [5.74, 6) is -2.06. The highest BCUT2D eigenvalue weighted by Crippen LogP contribution is 2.17. The van der Waals surface area contributed by atoms with Gasteiger partial charge in [-0.3, -0.25) is 14.6 Å². The molecule has 0 saturated heterocycles.